The van der Waals surface area contributed by atoms with E-state index in [0.29, 0.717) is 12.3 Å². The second kappa shape index (κ2) is 9.01. The number of nitrogens with one attached hydrogen (secondary N) is 2. The fourth-order valence-corrected chi connectivity index (χ4v) is 2.63. The van der Waals surface area contributed by atoms with Crippen LogP contribution in [-0.2, 0) is 11.3 Å². The van der Waals surface area contributed by atoms with Gasteiger partial charge in [0.2, 0.25) is 0 Å². The molecule has 0 saturated carbocycles. The van der Waals surface area contributed by atoms with E-state index in [4.69, 9.17) is 4.74 Å². The summed E-state index contributed by atoms with van der Waals surface area (Å²) in [7, 11) is 0. The molecular weight excluding hydrogens is 370 g/mol. The molecule has 150 valence electrons. The second-order valence-electron chi connectivity index (χ2n) is 6.69. The highest BCUT2D eigenvalue weighted by Gasteiger charge is 2.18. The molecular formula is C21H23N5O3. The Kier molecular flexibility index (Phi) is 6.23. The normalized spacial score (nSPS) is 11.6. The highest BCUT2D eigenvalue weighted by Crippen LogP contribution is 2.21. The van der Waals surface area contributed by atoms with Crippen LogP contribution in [0.15, 0.2) is 54.7 Å². The Morgan fingerprint density at radius 2 is 1.83 bits per heavy atom. The van der Waals surface area contributed by atoms with Crippen LogP contribution >= 0.6 is 0 Å². The first-order chi connectivity index (χ1) is 13.9. The van der Waals surface area contributed by atoms with Gasteiger partial charge in [0, 0.05) is 0 Å². The molecule has 0 radical (unpaired) electrons. The number of hydrazine groups is 1. The Bertz CT molecular complexity index is 1000. The van der Waals surface area contributed by atoms with E-state index < -0.39 is 17.9 Å². The second-order valence-corrected chi connectivity index (χ2v) is 6.69. The van der Waals surface area contributed by atoms with E-state index in [9.17, 15) is 9.59 Å². The third-order valence-corrected chi connectivity index (χ3v) is 4.49. The Balaban J connectivity index is 1.52. The number of benzene rings is 2. The van der Waals surface area contributed by atoms with Crippen molar-refractivity contribution in [2.24, 2.45) is 0 Å². The van der Waals surface area contributed by atoms with Gasteiger partial charge in [0.15, 0.2) is 11.8 Å². The number of ether oxygens (including phenoxy) is 1. The molecule has 0 saturated heterocycles. The Labute approximate surface area is 168 Å². The molecule has 0 aliphatic heterocycles. The van der Waals surface area contributed by atoms with Crippen LogP contribution in [-0.4, -0.2) is 32.9 Å². The summed E-state index contributed by atoms with van der Waals surface area (Å²) in [5.74, 6) is -0.407. The average molecular weight is 393 g/mol. The minimum atomic E-state index is -0.787. The third-order valence-electron chi connectivity index (χ3n) is 4.49. The molecule has 0 aliphatic rings. The summed E-state index contributed by atoms with van der Waals surface area (Å²) >= 11 is 0. The zero-order valence-electron chi connectivity index (χ0n) is 16.5. The summed E-state index contributed by atoms with van der Waals surface area (Å²) in [5.41, 5.74) is 7.86. The predicted octanol–water partition coefficient (Wildman–Crippen LogP) is 2.17. The van der Waals surface area contributed by atoms with Crippen molar-refractivity contribution in [3.05, 3.63) is 77.1 Å². The van der Waals surface area contributed by atoms with E-state index >= 15 is 0 Å². The minimum absolute atomic E-state index is 0.101. The van der Waals surface area contributed by atoms with Crippen LogP contribution in [0.4, 0.5) is 0 Å². The van der Waals surface area contributed by atoms with Crippen LogP contribution < -0.4 is 15.6 Å². The van der Waals surface area contributed by atoms with E-state index in [2.05, 4.69) is 21.2 Å². The van der Waals surface area contributed by atoms with Gasteiger partial charge in [-0.25, -0.2) is 4.68 Å². The molecule has 8 nitrogen and oxygen atoms in total. The van der Waals surface area contributed by atoms with Crippen molar-refractivity contribution < 1.29 is 14.3 Å². The van der Waals surface area contributed by atoms with E-state index in [-0.39, 0.29) is 5.69 Å². The summed E-state index contributed by atoms with van der Waals surface area (Å²) in [6.45, 7) is 6.00. The Hall–Kier alpha value is -3.68. The standard InChI is InChI=1S/C21H23N5O3/c1-14-8-7-11-19(15(14)2)29-16(3)20(27)23-24-21(28)18-13-26(25-22-18)12-17-9-5-4-6-10-17/h4-11,13,16H,12H2,1-3H3,(H,23,27)(H,24,28). The molecule has 29 heavy (non-hydrogen) atoms. The highest BCUT2D eigenvalue weighted by atomic mass is 16.5. The van der Waals surface area contributed by atoms with Crippen LogP contribution in [0, 0.1) is 13.8 Å². The number of hydrogen-bond donors (Lipinski definition) is 2. The van der Waals surface area contributed by atoms with Gasteiger partial charge in [0.25, 0.3) is 11.8 Å². The van der Waals surface area contributed by atoms with Gasteiger partial charge in [-0.1, -0.05) is 47.7 Å². The monoisotopic (exact) mass is 393 g/mol. The maximum atomic E-state index is 12.2. The Morgan fingerprint density at radius 3 is 2.59 bits per heavy atom. The van der Waals surface area contributed by atoms with E-state index in [1.807, 2.05) is 56.3 Å². The first-order valence-corrected chi connectivity index (χ1v) is 9.21. The lowest BCUT2D eigenvalue weighted by atomic mass is 10.1. The number of aromatic nitrogens is 3. The molecule has 2 N–H and O–H groups in total. The van der Waals surface area contributed by atoms with Crippen molar-refractivity contribution in [1.29, 1.82) is 0 Å². The van der Waals surface area contributed by atoms with Crippen molar-refractivity contribution in [2.45, 2.75) is 33.4 Å². The van der Waals surface area contributed by atoms with Crippen LogP contribution in [0.5, 0.6) is 5.75 Å². The van der Waals surface area contributed by atoms with Crippen molar-refractivity contribution in [1.82, 2.24) is 25.8 Å². The van der Waals surface area contributed by atoms with Gasteiger partial charge in [-0.3, -0.25) is 20.4 Å². The molecule has 1 heterocycles. The van der Waals surface area contributed by atoms with Crippen LogP contribution in [0.1, 0.15) is 34.1 Å². The Morgan fingerprint density at radius 1 is 1.07 bits per heavy atom. The van der Waals surface area contributed by atoms with Crippen LogP contribution in [0.25, 0.3) is 0 Å². The van der Waals surface area contributed by atoms with E-state index in [1.165, 1.54) is 6.20 Å². The quantitative estimate of drug-likeness (QED) is 0.626. The summed E-state index contributed by atoms with van der Waals surface area (Å²) in [4.78, 5) is 24.4. The zero-order valence-corrected chi connectivity index (χ0v) is 16.5. The molecule has 1 atom stereocenters. The van der Waals surface area contributed by atoms with Crippen molar-refractivity contribution in [2.75, 3.05) is 0 Å². The number of rotatable bonds is 6. The lowest BCUT2D eigenvalue weighted by Crippen LogP contribution is -2.47. The lowest BCUT2D eigenvalue weighted by molar-refractivity contribution is -0.128. The van der Waals surface area contributed by atoms with Gasteiger partial charge < -0.3 is 4.74 Å². The summed E-state index contributed by atoms with van der Waals surface area (Å²) < 4.78 is 7.25. The molecule has 0 bridgehead atoms. The molecule has 1 aromatic heterocycles. The SMILES string of the molecule is Cc1cccc(OC(C)C(=O)NNC(=O)c2cn(Cc3ccccc3)nn2)c1C. The molecule has 0 spiro atoms. The number of carbonyl (C=O) groups is 2. The zero-order chi connectivity index (χ0) is 20.8. The fraction of sp³-hybridized carbons (Fsp3) is 0.238. The average Bonchev–Trinajstić information content (AvgIpc) is 3.18. The molecule has 0 aliphatic carbocycles. The highest BCUT2D eigenvalue weighted by molar-refractivity contribution is 5.93. The molecule has 2 amide bonds. The molecule has 3 rings (SSSR count). The number of carbonyl (C=O) groups excluding carboxylic acids is 2. The van der Waals surface area contributed by atoms with Crippen molar-refractivity contribution >= 4 is 11.8 Å². The number of amides is 2. The molecule has 2 aromatic carbocycles. The molecule has 8 heteroatoms. The molecule has 3 aromatic rings. The lowest BCUT2D eigenvalue weighted by Gasteiger charge is -2.17. The van der Waals surface area contributed by atoms with Gasteiger partial charge in [0.05, 0.1) is 12.7 Å². The number of hydrogen-bond acceptors (Lipinski definition) is 5. The number of aryl methyl sites for hydroxylation is 1. The minimum Gasteiger partial charge on any atom is -0.481 e. The van der Waals surface area contributed by atoms with Gasteiger partial charge in [0.1, 0.15) is 5.75 Å². The maximum absolute atomic E-state index is 12.2. The van der Waals surface area contributed by atoms with E-state index in [1.54, 1.807) is 17.7 Å². The van der Waals surface area contributed by atoms with Crippen molar-refractivity contribution in [3.63, 3.8) is 0 Å². The fourth-order valence-electron chi connectivity index (χ4n) is 2.63. The predicted molar refractivity (Wildman–Crippen MR) is 107 cm³/mol. The van der Waals surface area contributed by atoms with Crippen LogP contribution in [0.2, 0.25) is 0 Å². The maximum Gasteiger partial charge on any atom is 0.291 e. The first-order valence-electron chi connectivity index (χ1n) is 9.21. The molecule has 1 unspecified atom stereocenters. The summed E-state index contributed by atoms with van der Waals surface area (Å²) in [6.07, 6.45) is 0.731. The smallest absolute Gasteiger partial charge is 0.291 e. The first kappa shape index (κ1) is 20.1. The van der Waals surface area contributed by atoms with Gasteiger partial charge in [-0.15, -0.1) is 5.10 Å². The van der Waals surface area contributed by atoms with Crippen molar-refractivity contribution in [3.8, 4) is 5.75 Å². The van der Waals surface area contributed by atoms with E-state index in [0.717, 1.165) is 16.7 Å². The number of nitrogens with zero attached hydrogens (tertiary/aromatic N) is 3. The summed E-state index contributed by atoms with van der Waals surface area (Å²) in [5, 5.41) is 7.78. The van der Waals surface area contributed by atoms with Gasteiger partial charge >= 0.3 is 0 Å². The van der Waals surface area contributed by atoms with Gasteiger partial charge in [-0.05, 0) is 43.5 Å². The summed E-state index contributed by atoms with van der Waals surface area (Å²) in [6, 6.07) is 15.3. The third kappa shape index (κ3) is 5.19. The largest absolute Gasteiger partial charge is 0.481 e. The van der Waals surface area contributed by atoms with Gasteiger partial charge in [-0.2, -0.15) is 0 Å². The topological polar surface area (TPSA) is 98.1 Å². The van der Waals surface area contributed by atoms with Crippen LogP contribution in [0.3, 0.4) is 0 Å². The molecule has 0 fully saturated rings.